The summed E-state index contributed by atoms with van der Waals surface area (Å²) in [5, 5.41) is 0. The van der Waals surface area contributed by atoms with Gasteiger partial charge >= 0.3 is 0 Å². The fourth-order valence-corrected chi connectivity index (χ4v) is 2.76. The Bertz CT molecular complexity index is 395. The third-order valence-corrected chi connectivity index (χ3v) is 3.92. The molecular weight excluding hydrogens is 222 g/mol. The van der Waals surface area contributed by atoms with Crippen molar-refractivity contribution in [1.29, 1.82) is 0 Å². The summed E-state index contributed by atoms with van der Waals surface area (Å²) in [4.78, 5) is 6.70. The topological polar surface area (TPSA) is 41.6 Å². The summed E-state index contributed by atoms with van der Waals surface area (Å²) in [5.74, 6) is 1.38. The molecule has 2 N–H and O–H groups in total. The van der Waals surface area contributed by atoms with Gasteiger partial charge in [0.2, 0.25) is 0 Å². The van der Waals surface area contributed by atoms with Crippen LogP contribution in [-0.2, 0) is 6.54 Å². The molecule has 0 aliphatic carbocycles. The molecule has 0 aromatic heterocycles. The highest BCUT2D eigenvalue weighted by atomic mass is 15.3. The van der Waals surface area contributed by atoms with Crippen molar-refractivity contribution >= 4 is 5.96 Å². The van der Waals surface area contributed by atoms with Gasteiger partial charge in [0.25, 0.3) is 0 Å². The van der Waals surface area contributed by atoms with Gasteiger partial charge in [-0.25, -0.2) is 0 Å². The molecule has 1 unspecified atom stereocenters. The van der Waals surface area contributed by atoms with E-state index < -0.39 is 0 Å². The molecule has 1 aliphatic heterocycles. The Balaban J connectivity index is 2.10. The molecule has 0 spiro atoms. The summed E-state index contributed by atoms with van der Waals surface area (Å²) >= 11 is 0. The third-order valence-electron chi connectivity index (χ3n) is 3.92. The predicted octanol–water partition coefficient (Wildman–Crippen LogP) is 2.62. The minimum atomic E-state index is 0.472. The van der Waals surface area contributed by atoms with Gasteiger partial charge in [0.1, 0.15) is 0 Å². The molecule has 0 fully saturated rings. The first-order valence-electron chi connectivity index (χ1n) is 6.86. The van der Waals surface area contributed by atoms with Crippen LogP contribution in [0.25, 0.3) is 0 Å². The zero-order valence-corrected chi connectivity index (χ0v) is 11.3. The van der Waals surface area contributed by atoms with Crippen LogP contribution < -0.4 is 5.73 Å². The molecule has 1 atom stereocenters. The molecule has 98 valence electrons. The summed E-state index contributed by atoms with van der Waals surface area (Å²) in [5.41, 5.74) is 7.34. The average Bonchev–Trinajstić information content (AvgIpc) is 2.75. The highest BCUT2D eigenvalue weighted by Crippen LogP contribution is 2.24. The molecule has 3 nitrogen and oxygen atoms in total. The fraction of sp³-hybridized carbons (Fsp3) is 0.533. The van der Waals surface area contributed by atoms with E-state index >= 15 is 0 Å². The number of nitrogens with two attached hydrogens (primary N) is 1. The Morgan fingerprint density at radius 3 is 2.56 bits per heavy atom. The average molecular weight is 245 g/mol. The molecule has 1 heterocycles. The zero-order chi connectivity index (χ0) is 13.0. The number of rotatable bonds is 5. The van der Waals surface area contributed by atoms with Crippen LogP contribution in [0.2, 0.25) is 0 Å². The van der Waals surface area contributed by atoms with Crippen molar-refractivity contribution in [3.8, 4) is 0 Å². The maximum atomic E-state index is 6.04. The highest BCUT2D eigenvalue weighted by Gasteiger charge is 2.30. The number of benzene rings is 1. The third kappa shape index (κ3) is 2.66. The largest absolute Gasteiger partial charge is 0.370 e. The lowest BCUT2D eigenvalue weighted by atomic mass is 9.93. The second kappa shape index (κ2) is 5.89. The van der Waals surface area contributed by atoms with E-state index in [0.717, 1.165) is 13.1 Å². The van der Waals surface area contributed by atoms with Crippen molar-refractivity contribution in [3.63, 3.8) is 0 Å². The molecule has 1 aromatic carbocycles. The van der Waals surface area contributed by atoms with Gasteiger partial charge in [-0.05, 0) is 11.5 Å². The minimum Gasteiger partial charge on any atom is -0.370 e. The molecule has 0 saturated carbocycles. The molecule has 0 saturated heterocycles. The van der Waals surface area contributed by atoms with Crippen LogP contribution in [0.15, 0.2) is 35.3 Å². The summed E-state index contributed by atoms with van der Waals surface area (Å²) in [7, 11) is 0. The summed E-state index contributed by atoms with van der Waals surface area (Å²) in [6.07, 6.45) is 2.38. The molecule has 1 aliphatic rings. The van der Waals surface area contributed by atoms with Gasteiger partial charge < -0.3 is 10.6 Å². The van der Waals surface area contributed by atoms with Crippen LogP contribution in [0, 0.1) is 5.92 Å². The van der Waals surface area contributed by atoms with Crippen LogP contribution in [-0.4, -0.2) is 23.4 Å². The Morgan fingerprint density at radius 1 is 1.28 bits per heavy atom. The van der Waals surface area contributed by atoms with E-state index in [1.807, 2.05) is 6.07 Å². The second-order valence-corrected chi connectivity index (χ2v) is 4.96. The van der Waals surface area contributed by atoms with Gasteiger partial charge in [-0.1, -0.05) is 57.0 Å². The molecule has 0 bridgehead atoms. The van der Waals surface area contributed by atoms with E-state index in [4.69, 9.17) is 5.73 Å². The lowest BCUT2D eigenvalue weighted by molar-refractivity contribution is 0.232. The first kappa shape index (κ1) is 12.9. The normalized spacial score (nSPS) is 19.4. The van der Waals surface area contributed by atoms with Gasteiger partial charge in [-0.15, -0.1) is 0 Å². The Morgan fingerprint density at radius 2 is 1.94 bits per heavy atom. The van der Waals surface area contributed by atoms with Crippen molar-refractivity contribution in [2.24, 2.45) is 16.6 Å². The van der Waals surface area contributed by atoms with E-state index in [9.17, 15) is 0 Å². The Kier molecular flexibility index (Phi) is 4.24. The fourth-order valence-electron chi connectivity index (χ4n) is 2.76. The van der Waals surface area contributed by atoms with E-state index in [-0.39, 0.29) is 0 Å². The number of aliphatic imine (C=N–C) groups is 1. The van der Waals surface area contributed by atoms with Gasteiger partial charge in [-0.3, -0.25) is 4.99 Å². The van der Waals surface area contributed by atoms with Crippen molar-refractivity contribution in [2.75, 3.05) is 6.54 Å². The van der Waals surface area contributed by atoms with Crippen LogP contribution in [0.1, 0.15) is 32.3 Å². The maximum absolute atomic E-state index is 6.04. The summed E-state index contributed by atoms with van der Waals surface area (Å²) in [6.45, 7) is 6.23. The number of hydrogen-bond acceptors (Lipinski definition) is 3. The van der Waals surface area contributed by atoms with E-state index in [1.165, 1.54) is 18.4 Å². The van der Waals surface area contributed by atoms with Crippen molar-refractivity contribution in [3.05, 3.63) is 35.9 Å². The van der Waals surface area contributed by atoms with Gasteiger partial charge in [0, 0.05) is 6.54 Å². The first-order chi connectivity index (χ1) is 8.76. The number of hydrogen-bond donors (Lipinski definition) is 1. The van der Waals surface area contributed by atoms with E-state index in [1.54, 1.807) is 0 Å². The summed E-state index contributed by atoms with van der Waals surface area (Å²) in [6, 6.07) is 11.0. The highest BCUT2D eigenvalue weighted by molar-refractivity contribution is 5.80. The molecule has 18 heavy (non-hydrogen) atoms. The lowest BCUT2D eigenvalue weighted by Gasteiger charge is -2.31. The molecule has 1 aromatic rings. The van der Waals surface area contributed by atoms with Crippen molar-refractivity contribution < 1.29 is 0 Å². The quantitative estimate of drug-likeness (QED) is 0.866. The molecule has 2 rings (SSSR count). The van der Waals surface area contributed by atoms with E-state index in [0.29, 0.717) is 17.9 Å². The van der Waals surface area contributed by atoms with Gasteiger partial charge in [-0.2, -0.15) is 0 Å². The zero-order valence-electron chi connectivity index (χ0n) is 11.3. The van der Waals surface area contributed by atoms with Gasteiger partial charge in [0.15, 0.2) is 5.96 Å². The van der Waals surface area contributed by atoms with Gasteiger partial charge in [0.05, 0.1) is 12.6 Å². The first-order valence-corrected chi connectivity index (χ1v) is 6.86. The molecule has 0 radical (unpaired) electrons. The number of nitrogens with zero attached hydrogens (tertiary/aromatic N) is 2. The molecular formula is C15H23N3. The van der Waals surface area contributed by atoms with Crippen LogP contribution in [0.5, 0.6) is 0 Å². The Hall–Kier alpha value is -1.51. The second-order valence-electron chi connectivity index (χ2n) is 4.96. The number of guanidine groups is 1. The van der Waals surface area contributed by atoms with Crippen molar-refractivity contribution in [2.45, 2.75) is 39.3 Å². The summed E-state index contributed by atoms with van der Waals surface area (Å²) < 4.78 is 0. The van der Waals surface area contributed by atoms with E-state index in [2.05, 4.69) is 48.0 Å². The SMILES string of the molecule is CCC(CC)C1CN=C(N)N1Cc1ccccc1. The smallest absolute Gasteiger partial charge is 0.191 e. The minimum absolute atomic E-state index is 0.472. The lowest BCUT2D eigenvalue weighted by Crippen LogP contribution is -2.43. The maximum Gasteiger partial charge on any atom is 0.191 e. The molecule has 0 amide bonds. The van der Waals surface area contributed by atoms with Crippen LogP contribution in [0.3, 0.4) is 0 Å². The predicted molar refractivity (Wildman–Crippen MR) is 76.3 cm³/mol. The Labute approximate surface area is 110 Å². The standard InChI is InChI=1S/C15H23N3/c1-3-13(4-2)14-10-17-15(16)18(14)11-12-8-6-5-7-9-12/h5-9,13-14H,3-4,10-11H2,1-2H3,(H2,16,17). The van der Waals surface area contributed by atoms with Crippen LogP contribution >= 0.6 is 0 Å². The monoisotopic (exact) mass is 245 g/mol. The van der Waals surface area contributed by atoms with Crippen LogP contribution in [0.4, 0.5) is 0 Å². The molecule has 3 heteroatoms. The van der Waals surface area contributed by atoms with Crippen molar-refractivity contribution in [1.82, 2.24) is 4.90 Å².